The van der Waals surface area contributed by atoms with E-state index in [1.165, 1.54) is 12.8 Å². The molecule has 2 fully saturated rings. The Morgan fingerprint density at radius 1 is 1.22 bits per heavy atom. The third kappa shape index (κ3) is 2.77. The highest BCUT2D eigenvalue weighted by Crippen LogP contribution is 2.29. The highest BCUT2D eigenvalue weighted by atomic mass is 16.2. The van der Waals surface area contributed by atoms with Gasteiger partial charge < -0.3 is 14.8 Å². The molecule has 0 saturated carbocycles. The number of rotatable bonds is 3. The molecular formula is C18H22N4O. The summed E-state index contributed by atoms with van der Waals surface area (Å²) in [5.41, 5.74) is 1.77. The van der Waals surface area contributed by atoms with E-state index in [9.17, 15) is 4.79 Å². The third-order valence-corrected chi connectivity index (χ3v) is 5.23. The zero-order valence-electron chi connectivity index (χ0n) is 13.4. The molecule has 1 N–H and O–H groups in total. The molecule has 2 aliphatic rings. The van der Waals surface area contributed by atoms with Crippen LogP contribution in [0.3, 0.4) is 0 Å². The number of hydrogen-bond acceptors (Lipinski definition) is 3. The second-order valence-corrected chi connectivity index (χ2v) is 6.70. The van der Waals surface area contributed by atoms with E-state index in [4.69, 9.17) is 0 Å². The molecule has 2 unspecified atom stereocenters. The quantitative estimate of drug-likeness (QED) is 0.946. The lowest BCUT2D eigenvalue weighted by atomic mass is 9.98. The van der Waals surface area contributed by atoms with Crippen molar-refractivity contribution in [2.24, 2.45) is 0 Å². The number of carbonyl (C=O) groups is 1. The highest BCUT2D eigenvalue weighted by Gasteiger charge is 2.36. The Morgan fingerprint density at radius 3 is 2.52 bits per heavy atom. The average Bonchev–Trinajstić information content (AvgIpc) is 3.23. The minimum atomic E-state index is 0.119. The van der Waals surface area contributed by atoms with Crippen LogP contribution in [0.15, 0.2) is 43.0 Å². The summed E-state index contributed by atoms with van der Waals surface area (Å²) in [7, 11) is 1.95. The zero-order valence-corrected chi connectivity index (χ0v) is 13.4. The molecule has 1 aromatic carbocycles. The lowest BCUT2D eigenvalue weighted by molar-refractivity contribution is 0.0681. The van der Waals surface area contributed by atoms with Crippen molar-refractivity contribution in [1.82, 2.24) is 19.8 Å². The molecule has 0 radical (unpaired) electrons. The van der Waals surface area contributed by atoms with Gasteiger partial charge in [0.1, 0.15) is 0 Å². The summed E-state index contributed by atoms with van der Waals surface area (Å²) < 4.78 is 1.93. The predicted octanol–water partition coefficient (Wildman–Crippen LogP) is 2.23. The van der Waals surface area contributed by atoms with Crippen molar-refractivity contribution < 1.29 is 4.79 Å². The van der Waals surface area contributed by atoms with E-state index in [1.807, 2.05) is 47.0 Å². The molecule has 1 amide bonds. The summed E-state index contributed by atoms with van der Waals surface area (Å²) >= 11 is 0. The fourth-order valence-corrected chi connectivity index (χ4v) is 3.90. The number of nitrogens with zero attached hydrogens (tertiary/aromatic N) is 3. The van der Waals surface area contributed by atoms with E-state index in [-0.39, 0.29) is 5.91 Å². The van der Waals surface area contributed by atoms with Crippen LogP contribution in [0.4, 0.5) is 0 Å². The van der Waals surface area contributed by atoms with Gasteiger partial charge in [0.2, 0.25) is 0 Å². The number of fused-ring (bicyclic) bond motifs is 2. The van der Waals surface area contributed by atoms with Crippen LogP contribution in [-0.4, -0.2) is 45.5 Å². The number of aromatic nitrogens is 2. The molecule has 1 aromatic heterocycles. The first-order chi connectivity index (χ1) is 11.2. The second-order valence-electron chi connectivity index (χ2n) is 6.70. The van der Waals surface area contributed by atoms with Crippen LogP contribution in [-0.2, 0) is 0 Å². The lowest BCUT2D eigenvalue weighted by Gasteiger charge is -2.35. The van der Waals surface area contributed by atoms with E-state index < -0.39 is 0 Å². The van der Waals surface area contributed by atoms with Gasteiger partial charge in [-0.05, 0) is 49.9 Å². The van der Waals surface area contributed by atoms with Crippen LogP contribution < -0.4 is 5.32 Å². The summed E-state index contributed by atoms with van der Waals surface area (Å²) in [6, 6.07) is 9.29. The van der Waals surface area contributed by atoms with Crippen LogP contribution in [0, 0.1) is 0 Å². The number of amides is 1. The van der Waals surface area contributed by atoms with Crippen molar-refractivity contribution in [2.75, 3.05) is 7.05 Å². The van der Waals surface area contributed by atoms with E-state index in [2.05, 4.69) is 10.3 Å². The Hall–Kier alpha value is -2.14. The molecule has 120 valence electrons. The fourth-order valence-electron chi connectivity index (χ4n) is 3.90. The fraction of sp³-hybridized carbons (Fsp3) is 0.444. The number of nitrogens with one attached hydrogen (secondary N) is 1. The first kappa shape index (κ1) is 14.5. The van der Waals surface area contributed by atoms with Crippen LogP contribution >= 0.6 is 0 Å². The maximum absolute atomic E-state index is 12.8. The average molecular weight is 310 g/mol. The van der Waals surface area contributed by atoms with Crippen molar-refractivity contribution in [3.63, 3.8) is 0 Å². The summed E-state index contributed by atoms with van der Waals surface area (Å²) in [6.45, 7) is 0. The second kappa shape index (κ2) is 5.81. The molecular weight excluding hydrogens is 288 g/mol. The van der Waals surface area contributed by atoms with Gasteiger partial charge in [0, 0.05) is 48.8 Å². The molecule has 23 heavy (non-hydrogen) atoms. The standard InChI is InChI=1S/C18H22N4O/c1-21(17-10-14-4-5-15(11-17)20-14)18(23)13-2-6-16(7-3-13)22-9-8-19-12-22/h2-3,6-9,12,14-15,17,20H,4-5,10-11H2,1H3. The molecule has 5 nitrogen and oxygen atoms in total. The van der Waals surface area contributed by atoms with Crippen LogP contribution in [0.25, 0.3) is 5.69 Å². The molecule has 5 heteroatoms. The lowest BCUT2D eigenvalue weighted by Crippen LogP contribution is -2.48. The molecule has 2 aliphatic heterocycles. The predicted molar refractivity (Wildman–Crippen MR) is 88.6 cm³/mol. The molecule has 2 bridgehead atoms. The van der Waals surface area contributed by atoms with E-state index in [1.54, 1.807) is 12.5 Å². The van der Waals surface area contributed by atoms with Crippen molar-refractivity contribution in [3.05, 3.63) is 48.5 Å². The summed E-state index contributed by atoms with van der Waals surface area (Å²) in [5, 5.41) is 3.63. The van der Waals surface area contributed by atoms with Gasteiger partial charge in [-0.3, -0.25) is 4.79 Å². The molecule has 2 saturated heterocycles. The van der Waals surface area contributed by atoms with Gasteiger partial charge in [-0.15, -0.1) is 0 Å². The summed E-state index contributed by atoms with van der Waals surface area (Å²) in [5.74, 6) is 0.119. The maximum atomic E-state index is 12.8. The largest absolute Gasteiger partial charge is 0.339 e. The van der Waals surface area contributed by atoms with E-state index in [0.29, 0.717) is 18.1 Å². The highest BCUT2D eigenvalue weighted by molar-refractivity contribution is 5.94. The van der Waals surface area contributed by atoms with E-state index >= 15 is 0 Å². The molecule has 2 atom stereocenters. The minimum absolute atomic E-state index is 0.119. The Morgan fingerprint density at radius 2 is 1.91 bits per heavy atom. The Kier molecular flexibility index (Phi) is 3.65. The molecule has 2 aromatic rings. The Bertz CT molecular complexity index is 668. The van der Waals surface area contributed by atoms with Gasteiger partial charge in [0.25, 0.3) is 5.91 Å². The van der Waals surface area contributed by atoms with Gasteiger partial charge in [0.05, 0.1) is 6.33 Å². The smallest absolute Gasteiger partial charge is 0.253 e. The monoisotopic (exact) mass is 310 g/mol. The normalized spacial score (nSPS) is 26.2. The Balaban J connectivity index is 1.48. The van der Waals surface area contributed by atoms with Gasteiger partial charge in [-0.2, -0.15) is 0 Å². The van der Waals surface area contributed by atoms with E-state index in [0.717, 1.165) is 24.1 Å². The summed E-state index contributed by atoms with van der Waals surface area (Å²) in [4.78, 5) is 18.8. The summed E-state index contributed by atoms with van der Waals surface area (Å²) in [6.07, 6.45) is 10.1. The molecule has 0 spiro atoms. The van der Waals surface area contributed by atoms with Crippen molar-refractivity contribution in [2.45, 2.75) is 43.8 Å². The Labute approximate surface area is 136 Å². The molecule has 4 rings (SSSR count). The van der Waals surface area contributed by atoms with Crippen molar-refractivity contribution in [3.8, 4) is 5.69 Å². The topological polar surface area (TPSA) is 50.2 Å². The first-order valence-electron chi connectivity index (χ1n) is 8.32. The van der Waals surface area contributed by atoms with Crippen LogP contribution in [0.1, 0.15) is 36.0 Å². The molecule has 0 aliphatic carbocycles. The molecule has 3 heterocycles. The number of carbonyl (C=O) groups excluding carboxylic acids is 1. The van der Waals surface area contributed by atoms with Gasteiger partial charge >= 0.3 is 0 Å². The number of imidazole rings is 1. The first-order valence-corrected chi connectivity index (χ1v) is 8.32. The number of piperidine rings is 1. The number of hydrogen-bond donors (Lipinski definition) is 1. The van der Waals surface area contributed by atoms with Crippen molar-refractivity contribution in [1.29, 1.82) is 0 Å². The third-order valence-electron chi connectivity index (χ3n) is 5.23. The SMILES string of the molecule is CN(C(=O)c1ccc(-n2ccnc2)cc1)C1CC2CCC(C1)N2. The van der Waals surface area contributed by atoms with Gasteiger partial charge in [-0.1, -0.05) is 0 Å². The van der Waals surface area contributed by atoms with Crippen molar-refractivity contribution >= 4 is 5.91 Å². The van der Waals surface area contributed by atoms with Crippen LogP contribution in [0.2, 0.25) is 0 Å². The van der Waals surface area contributed by atoms with Gasteiger partial charge in [0.15, 0.2) is 0 Å². The van der Waals surface area contributed by atoms with Gasteiger partial charge in [-0.25, -0.2) is 4.98 Å². The maximum Gasteiger partial charge on any atom is 0.253 e. The number of benzene rings is 1. The minimum Gasteiger partial charge on any atom is -0.339 e. The van der Waals surface area contributed by atoms with Crippen LogP contribution in [0.5, 0.6) is 0 Å². The zero-order chi connectivity index (χ0) is 15.8.